The average Bonchev–Trinajstić information content (AvgIpc) is 3.07. The van der Waals surface area contributed by atoms with E-state index in [9.17, 15) is 18.5 Å². The van der Waals surface area contributed by atoms with Crippen LogP contribution < -0.4 is 10.1 Å². The molecule has 0 saturated carbocycles. The van der Waals surface area contributed by atoms with Crippen LogP contribution in [0.1, 0.15) is 42.5 Å². The number of aromatic nitrogens is 1. The minimum Gasteiger partial charge on any atom is -0.495 e. The monoisotopic (exact) mass is 488 g/mol. The first-order chi connectivity index (χ1) is 15.8. The molecule has 1 aromatic carbocycles. The lowest BCUT2D eigenvalue weighted by Gasteiger charge is -2.21. The van der Waals surface area contributed by atoms with Crippen molar-refractivity contribution in [3.63, 3.8) is 0 Å². The largest absolute Gasteiger partial charge is 0.495 e. The van der Waals surface area contributed by atoms with Crippen molar-refractivity contribution in [1.29, 1.82) is 5.26 Å². The van der Waals surface area contributed by atoms with E-state index < -0.39 is 10.0 Å². The number of amides is 1. The fourth-order valence-corrected chi connectivity index (χ4v) is 6.18. The first-order valence-corrected chi connectivity index (χ1v) is 13.2. The van der Waals surface area contributed by atoms with Gasteiger partial charge in [0, 0.05) is 18.8 Å². The van der Waals surface area contributed by atoms with E-state index >= 15 is 0 Å². The molecule has 0 aliphatic carbocycles. The van der Waals surface area contributed by atoms with Crippen LogP contribution >= 0.6 is 11.8 Å². The average molecular weight is 489 g/mol. The summed E-state index contributed by atoms with van der Waals surface area (Å²) in [6.45, 7) is 4.66. The summed E-state index contributed by atoms with van der Waals surface area (Å²) >= 11 is 1.16. The molecule has 0 radical (unpaired) electrons. The molecule has 1 aliphatic heterocycles. The molecular weight excluding hydrogens is 460 g/mol. The number of sulfonamides is 1. The predicted molar refractivity (Wildman–Crippen MR) is 128 cm³/mol. The normalized spacial score (nSPS) is 14.8. The fourth-order valence-electron chi connectivity index (χ4n) is 3.74. The van der Waals surface area contributed by atoms with Crippen molar-refractivity contribution in [2.45, 2.75) is 49.5 Å². The molecule has 10 heteroatoms. The van der Waals surface area contributed by atoms with Gasteiger partial charge in [0.2, 0.25) is 15.9 Å². The summed E-state index contributed by atoms with van der Waals surface area (Å²) in [4.78, 5) is 17.2. The first kappa shape index (κ1) is 25.0. The summed E-state index contributed by atoms with van der Waals surface area (Å²) in [7, 11) is -2.21. The number of ether oxygens (including phenoxy) is 1. The van der Waals surface area contributed by atoms with Crippen molar-refractivity contribution < 1.29 is 17.9 Å². The summed E-state index contributed by atoms with van der Waals surface area (Å²) in [5, 5.41) is 12.7. The number of hydrogen-bond donors (Lipinski definition) is 1. The molecule has 0 spiro atoms. The molecule has 176 valence electrons. The van der Waals surface area contributed by atoms with Gasteiger partial charge in [-0.15, -0.1) is 0 Å². The topological polar surface area (TPSA) is 112 Å². The van der Waals surface area contributed by atoms with E-state index in [0.29, 0.717) is 29.4 Å². The summed E-state index contributed by atoms with van der Waals surface area (Å²) in [6.07, 6.45) is 3.73. The SMILES string of the molecule is COc1ccc(S(=O)(=O)N2CCCCCC2)cc1NC(=O)CSc1nc(C)cc(C)c1C#N. The second-order valence-electron chi connectivity index (χ2n) is 7.89. The number of benzene rings is 1. The van der Waals surface area contributed by atoms with Gasteiger partial charge in [-0.05, 0) is 56.5 Å². The highest BCUT2D eigenvalue weighted by Crippen LogP contribution is 2.30. The maximum Gasteiger partial charge on any atom is 0.243 e. The second-order valence-corrected chi connectivity index (χ2v) is 10.8. The number of thioether (sulfide) groups is 1. The number of methoxy groups -OCH3 is 1. The summed E-state index contributed by atoms with van der Waals surface area (Å²) < 4.78 is 33.1. The minimum absolute atomic E-state index is 0.0107. The minimum atomic E-state index is -3.67. The number of anilines is 1. The number of hydrogen-bond acceptors (Lipinski definition) is 7. The fraction of sp³-hybridized carbons (Fsp3) is 0.435. The number of nitrogens with one attached hydrogen (secondary N) is 1. The Labute approximate surface area is 199 Å². The van der Waals surface area contributed by atoms with Gasteiger partial charge in [0.1, 0.15) is 16.8 Å². The van der Waals surface area contributed by atoms with Crippen molar-refractivity contribution >= 4 is 33.4 Å². The number of pyridine rings is 1. The van der Waals surface area contributed by atoms with Crippen LogP contribution in [0.4, 0.5) is 5.69 Å². The van der Waals surface area contributed by atoms with Crippen molar-refractivity contribution in [3.8, 4) is 11.8 Å². The van der Waals surface area contributed by atoms with E-state index in [2.05, 4.69) is 16.4 Å². The molecule has 1 aromatic heterocycles. The molecule has 0 unspecified atom stereocenters. The van der Waals surface area contributed by atoms with E-state index in [1.165, 1.54) is 23.5 Å². The Morgan fingerprint density at radius 1 is 1.21 bits per heavy atom. The summed E-state index contributed by atoms with van der Waals surface area (Å²) in [5.41, 5.74) is 2.30. The molecule has 3 rings (SSSR count). The smallest absolute Gasteiger partial charge is 0.243 e. The zero-order valence-corrected chi connectivity index (χ0v) is 20.7. The Morgan fingerprint density at radius 2 is 1.91 bits per heavy atom. The van der Waals surface area contributed by atoms with Crippen LogP contribution in [0.2, 0.25) is 0 Å². The van der Waals surface area contributed by atoms with Gasteiger partial charge in [0.05, 0.1) is 29.0 Å². The third kappa shape index (κ3) is 6.05. The number of carbonyl (C=O) groups is 1. The van der Waals surface area contributed by atoms with Gasteiger partial charge >= 0.3 is 0 Å². The number of nitrogens with zero attached hydrogens (tertiary/aromatic N) is 3. The van der Waals surface area contributed by atoms with Crippen molar-refractivity contribution in [2.24, 2.45) is 0 Å². The maximum atomic E-state index is 13.2. The van der Waals surface area contributed by atoms with Crippen LogP contribution in [0.3, 0.4) is 0 Å². The van der Waals surface area contributed by atoms with Crippen LogP contribution in [0, 0.1) is 25.2 Å². The van der Waals surface area contributed by atoms with Gasteiger partial charge in [-0.1, -0.05) is 24.6 Å². The molecule has 1 fully saturated rings. The van der Waals surface area contributed by atoms with Crippen molar-refractivity contribution in [3.05, 3.63) is 41.1 Å². The molecule has 0 atom stereocenters. The zero-order valence-electron chi connectivity index (χ0n) is 19.1. The number of nitriles is 1. The molecule has 1 amide bonds. The predicted octanol–water partition coefficient (Wildman–Crippen LogP) is 3.87. The van der Waals surface area contributed by atoms with Crippen LogP contribution in [-0.4, -0.2) is 49.6 Å². The number of carbonyl (C=O) groups excluding carboxylic acids is 1. The van der Waals surface area contributed by atoms with Crippen molar-refractivity contribution in [2.75, 3.05) is 31.3 Å². The van der Waals surface area contributed by atoms with Gasteiger partial charge < -0.3 is 10.1 Å². The Kier molecular flexibility index (Phi) is 8.35. The van der Waals surface area contributed by atoms with E-state index in [1.807, 2.05) is 19.9 Å². The first-order valence-electron chi connectivity index (χ1n) is 10.8. The molecule has 1 saturated heterocycles. The van der Waals surface area contributed by atoms with Crippen LogP contribution in [0.25, 0.3) is 0 Å². The quantitative estimate of drug-likeness (QED) is 0.589. The molecular formula is C23H28N4O4S2. The van der Waals surface area contributed by atoms with Gasteiger partial charge in [-0.3, -0.25) is 4.79 Å². The summed E-state index contributed by atoms with van der Waals surface area (Å²) in [5.74, 6) is 0.0227. The highest BCUT2D eigenvalue weighted by molar-refractivity contribution is 8.00. The Bertz CT molecular complexity index is 1170. The third-order valence-corrected chi connectivity index (χ3v) is 8.28. The molecule has 8 nitrogen and oxygen atoms in total. The van der Waals surface area contributed by atoms with E-state index in [-0.39, 0.29) is 22.2 Å². The van der Waals surface area contributed by atoms with Crippen LogP contribution in [-0.2, 0) is 14.8 Å². The number of rotatable bonds is 7. The maximum absolute atomic E-state index is 13.2. The second kappa shape index (κ2) is 11.0. The molecule has 0 bridgehead atoms. The lowest BCUT2D eigenvalue weighted by molar-refractivity contribution is -0.113. The van der Waals surface area contributed by atoms with Crippen LogP contribution in [0.15, 0.2) is 34.2 Å². The Hall–Kier alpha value is -2.61. The number of aryl methyl sites for hydroxylation is 2. The van der Waals surface area contributed by atoms with Gasteiger partial charge in [-0.2, -0.15) is 9.57 Å². The highest BCUT2D eigenvalue weighted by Gasteiger charge is 2.26. The lowest BCUT2D eigenvalue weighted by atomic mass is 10.1. The van der Waals surface area contributed by atoms with Crippen molar-refractivity contribution in [1.82, 2.24) is 9.29 Å². The van der Waals surface area contributed by atoms with Gasteiger partial charge in [-0.25, -0.2) is 13.4 Å². The third-order valence-electron chi connectivity index (χ3n) is 5.41. The molecule has 1 aliphatic rings. The molecule has 2 aromatic rings. The molecule has 1 N–H and O–H groups in total. The van der Waals surface area contributed by atoms with Crippen LogP contribution in [0.5, 0.6) is 5.75 Å². The molecule has 2 heterocycles. The lowest BCUT2D eigenvalue weighted by Crippen LogP contribution is -2.32. The zero-order chi connectivity index (χ0) is 24.0. The van der Waals surface area contributed by atoms with Gasteiger partial charge in [0.15, 0.2) is 0 Å². The van der Waals surface area contributed by atoms with E-state index in [4.69, 9.17) is 4.74 Å². The molecule has 33 heavy (non-hydrogen) atoms. The van der Waals surface area contributed by atoms with Gasteiger partial charge in [0.25, 0.3) is 0 Å². The Morgan fingerprint density at radius 3 is 2.55 bits per heavy atom. The summed E-state index contributed by atoms with van der Waals surface area (Å²) in [6, 6.07) is 8.45. The Balaban J connectivity index is 1.78. The van der Waals surface area contributed by atoms with E-state index in [0.717, 1.165) is 48.7 Å². The highest BCUT2D eigenvalue weighted by atomic mass is 32.2. The standard InChI is InChI=1S/C23H28N4O4S2/c1-16-12-17(2)25-23(19(16)14-24)32-15-22(28)26-20-13-18(8-9-21(20)31-3)33(29,30)27-10-6-4-5-7-11-27/h8-9,12-13H,4-7,10-11,15H2,1-3H3,(H,26,28). The van der Waals surface area contributed by atoms with E-state index in [1.54, 1.807) is 6.07 Å².